The molecule has 2 N–H and O–H groups in total. The summed E-state index contributed by atoms with van der Waals surface area (Å²) in [6, 6.07) is 6.31. The molecule has 1 aliphatic heterocycles. The van der Waals surface area contributed by atoms with Gasteiger partial charge in [-0.3, -0.25) is 4.79 Å². The lowest BCUT2D eigenvalue weighted by molar-refractivity contribution is -0.134. The molecule has 144 valence electrons. The van der Waals surface area contributed by atoms with Crippen LogP contribution in [0.1, 0.15) is 31.4 Å². The topological polar surface area (TPSA) is 75.4 Å². The van der Waals surface area contributed by atoms with E-state index in [4.69, 9.17) is 5.73 Å². The van der Waals surface area contributed by atoms with Gasteiger partial charge in [-0.25, -0.2) is 9.37 Å². The summed E-state index contributed by atoms with van der Waals surface area (Å²) in [5.74, 6) is 1.07. The third-order valence-corrected chi connectivity index (χ3v) is 5.04. The lowest BCUT2D eigenvalue weighted by atomic mass is 10.0. The zero-order valence-electron chi connectivity index (χ0n) is 16.0. The number of nitrogens with zero attached hydrogens (tertiary/aromatic N) is 4. The number of carbonyl (C=O) groups excluding carboxylic acids is 1. The fourth-order valence-electron chi connectivity index (χ4n) is 3.32. The van der Waals surface area contributed by atoms with E-state index in [0.717, 1.165) is 11.1 Å². The van der Waals surface area contributed by atoms with E-state index < -0.39 is 0 Å². The molecule has 1 aromatic carbocycles. The van der Waals surface area contributed by atoms with Crippen LogP contribution in [0.15, 0.2) is 30.5 Å². The van der Waals surface area contributed by atoms with E-state index in [-0.39, 0.29) is 23.7 Å². The van der Waals surface area contributed by atoms with Gasteiger partial charge in [0.05, 0.1) is 6.04 Å². The van der Waals surface area contributed by atoms with Crippen LogP contribution in [0, 0.1) is 18.7 Å². The highest BCUT2D eigenvalue weighted by molar-refractivity contribution is 5.78. The molecule has 1 amide bonds. The Kier molecular flexibility index (Phi) is 5.58. The first-order valence-corrected chi connectivity index (χ1v) is 9.23. The van der Waals surface area contributed by atoms with E-state index in [1.54, 1.807) is 18.3 Å². The minimum absolute atomic E-state index is 0.00354. The largest absolute Gasteiger partial charge is 0.383 e. The van der Waals surface area contributed by atoms with Crippen molar-refractivity contribution in [3.63, 3.8) is 0 Å². The summed E-state index contributed by atoms with van der Waals surface area (Å²) in [5, 5.41) is 0. The standard InChI is InChI=1S/C20H26FN5O/c1-13(2)17-12-25(20-23-10-14(3)19(22)24-20)9-8-18(27)26(17)11-15-4-6-16(21)7-5-15/h4-7,10,13,17H,8-9,11-12H2,1-3H3,(H2,22,23,24). The third-order valence-electron chi connectivity index (χ3n) is 5.04. The summed E-state index contributed by atoms with van der Waals surface area (Å²) >= 11 is 0. The number of halogens is 1. The van der Waals surface area contributed by atoms with Crippen molar-refractivity contribution < 1.29 is 9.18 Å². The molecule has 3 rings (SSSR count). The average molecular weight is 371 g/mol. The summed E-state index contributed by atoms with van der Waals surface area (Å²) in [7, 11) is 0. The van der Waals surface area contributed by atoms with Gasteiger partial charge in [-0.1, -0.05) is 26.0 Å². The van der Waals surface area contributed by atoms with E-state index >= 15 is 0 Å². The van der Waals surface area contributed by atoms with Gasteiger partial charge in [0.1, 0.15) is 11.6 Å². The normalized spacial score (nSPS) is 18.1. The van der Waals surface area contributed by atoms with E-state index in [1.807, 2.05) is 16.7 Å². The summed E-state index contributed by atoms with van der Waals surface area (Å²) in [6.45, 7) is 7.71. The third kappa shape index (κ3) is 4.35. The van der Waals surface area contributed by atoms with Gasteiger partial charge in [0.2, 0.25) is 11.9 Å². The summed E-state index contributed by atoms with van der Waals surface area (Å²) in [5.41, 5.74) is 7.70. The van der Waals surface area contributed by atoms with Crippen LogP contribution in [0.25, 0.3) is 0 Å². The fraction of sp³-hybridized carbons (Fsp3) is 0.450. The number of benzene rings is 1. The van der Waals surface area contributed by atoms with Crippen LogP contribution in [0.4, 0.5) is 16.2 Å². The first-order chi connectivity index (χ1) is 12.8. The summed E-state index contributed by atoms with van der Waals surface area (Å²) < 4.78 is 13.2. The number of amides is 1. The van der Waals surface area contributed by atoms with E-state index in [0.29, 0.717) is 37.8 Å². The lowest BCUT2D eigenvalue weighted by Crippen LogP contribution is -2.46. The molecule has 1 aromatic heterocycles. The van der Waals surface area contributed by atoms with Crippen molar-refractivity contribution in [2.45, 2.75) is 39.8 Å². The lowest BCUT2D eigenvalue weighted by Gasteiger charge is -2.34. The molecule has 0 radical (unpaired) electrons. The second-order valence-corrected chi connectivity index (χ2v) is 7.39. The minimum Gasteiger partial charge on any atom is -0.383 e. The number of carbonyl (C=O) groups is 1. The minimum atomic E-state index is -0.276. The molecule has 7 heteroatoms. The maximum atomic E-state index is 13.2. The Bertz CT molecular complexity index is 809. The summed E-state index contributed by atoms with van der Waals surface area (Å²) in [6.07, 6.45) is 2.09. The van der Waals surface area contributed by atoms with E-state index in [9.17, 15) is 9.18 Å². The van der Waals surface area contributed by atoms with Gasteiger partial charge in [0.15, 0.2) is 0 Å². The molecule has 6 nitrogen and oxygen atoms in total. The number of aryl methyl sites for hydroxylation is 1. The quantitative estimate of drug-likeness (QED) is 0.894. The van der Waals surface area contributed by atoms with Gasteiger partial charge in [0, 0.05) is 37.8 Å². The van der Waals surface area contributed by atoms with Crippen molar-refractivity contribution in [1.29, 1.82) is 0 Å². The Morgan fingerprint density at radius 1 is 1.30 bits per heavy atom. The first kappa shape index (κ1) is 19.1. The molecule has 1 fully saturated rings. The van der Waals surface area contributed by atoms with Crippen molar-refractivity contribution >= 4 is 17.7 Å². The number of hydrogen-bond acceptors (Lipinski definition) is 5. The number of rotatable bonds is 4. The number of hydrogen-bond donors (Lipinski definition) is 1. The highest BCUT2D eigenvalue weighted by Gasteiger charge is 2.32. The molecule has 0 aliphatic carbocycles. The zero-order chi connectivity index (χ0) is 19.6. The van der Waals surface area contributed by atoms with Crippen molar-refractivity contribution in [2.24, 2.45) is 5.92 Å². The second-order valence-electron chi connectivity index (χ2n) is 7.39. The van der Waals surface area contributed by atoms with Gasteiger partial charge in [-0.15, -0.1) is 0 Å². The number of nitrogens with two attached hydrogens (primary N) is 1. The molecule has 1 aliphatic rings. The average Bonchev–Trinajstić information content (AvgIpc) is 2.79. The van der Waals surface area contributed by atoms with Crippen LogP contribution in [0.3, 0.4) is 0 Å². The number of anilines is 2. The van der Waals surface area contributed by atoms with E-state index in [2.05, 4.69) is 23.8 Å². The van der Waals surface area contributed by atoms with Gasteiger partial charge < -0.3 is 15.5 Å². The Hall–Kier alpha value is -2.70. The van der Waals surface area contributed by atoms with Crippen molar-refractivity contribution in [3.05, 3.63) is 47.4 Å². The van der Waals surface area contributed by atoms with Crippen LogP contribution >= 0.6 is 0 Å². The number of aromatic nitrogens is 2. The van der Waals surface area contributed by atoms with Gasteiger partial charge >= 0.3 is 0 Å². The maximum Gasteiger partial charge on any atom is 0.227 e. The Morgan fingerprint density at radius 3 is 2.63 bits per heavy atom. The summed E-state index contributed by atoms with van der Waals surface area (Å²) in [4.78, 5) is 25.6. The molecule has 0 spiro atoms. The van der Waals surface area contributed by atoms with Crippen molar-refractivity contribution in [3.8, 4) is 0 Å². The smallest absolute Gasteiger partial charge is 0.227 e. The Morgan fingerprint density at radius 2 is 2.00 bits per heavy atom. The van der Waals surface area contributed by atoms with Gasteiger partial charge in [-0.2, -0.15) is 4.98 Å². The van der Waals surface area contributed by atoms with Crippen LogP contribution in [0.5, 0.6) is 0 Å². The number of nitrogen functional groups attached to an aromatic ring is 1. The maximum absolute atomic E-state index is 13.2. The molecular formula is C20H26FN5O. The SMILES string of the molecule is Cc1cnc(N2CCC(=O)N(Cc3ccc(F)cc3)C(C(C)C)C2)nc1N. The fourth-order valence-corrected chi connectivity index (χ4v) is 3.32. The van der Waals surface area contributed by atoms with Crippen LogP contribution < -0.4 is 10.6 Å². The predicted molar refractivity (Wildman–Crippen MR) is 104 cm³/mol. The first-order valence-electron chi connectivity index (χ1n) is 9.23. The van der Waals surface area contributed by atoms with Crippen molar-refractivity contribution in [2.75, 3.05) is 23.7 Å². The molecule has 2 heterocycles. The van der Waals surface area contributed by atoms with Crippen LogP contribution in [-0.2, 0) is 11.3 Å². The van der Waals surface area contributed by atoms with Gasteiger partial charge in [0.25, 0.3) is 0 Å². The molecule has 1 saturated heterocycles. The highest BCUT2D eigenvalue weighted by Crippen LogP contribution is 2.24. The second kappa shape index (κ2) is 7.90. The molecule has 0 bridgehead atoms. The molecule has 1 unspecified atom stereocenters. The molecular weight excluding hydrogens is 345 g/mol. The van der Waals surface area contributed by atoms with Gasteiger partial charge in [-0.05, 0) is 30.5 Å². The molecule has 0 saturated carbocycles. The molecule has 1 atom stereocenters. The highest BCUT2D eigenvalue weighted by atomic mass is 19.1. The van der Waals surface area contributed by atoms with Crippen LogP contribution in [0.2, 0.25) is 0 Å². The Labute approximate surface area is 159 Å². The predicted octanol–water partition coefficient (Wildman–Crippen LogP) is 2.77. The van der Waals surface area contributed by atoms with Crippen LogP contribution in [-0.4, -0.2) is 39.9 Å². The molecule has 2 aromatic rings. The zero-order valence-corrected chi connectivity index (χ0v) is 16.0. The molecule has 27 heavy (non-hydrogen) atoms. The van der Waals surface area contributed by atoms with E-state index in [1.165, 1.54) is 12.1 Å². The Balaban J connectivity index is 1.85. The van der Waals surface area contributed by atoms with Crippen molar-refractivity contribution in [1.82, 2.24) is 14.9 Å². The monoisotopic (exact) mass is 371 g/mol.